The SMILES string of the molecule is Cc1nn(-c2ccccc2)c2c1N(CC(=O)CCc1ccco1)C(=O)CS2. The molecule has 2 aromatic heterocycles. The zero-order valence-electron chi connectivity index (χ0n) is 14.9. The van der Waals surface area contributed by atoms with E-state index in [-0.39, 0.29) is 18.2 Å². The summed E-state index contributed by atoms with van der Waals surface area (Å²) in [7, 11) is 0. The highest BCUT2D eigenvalue weighted by atomic mass is 32.2. The molecule has 0 radical (unpaired) electrons. The van der Waals surface area contributed by atoms with Gasteiger partial charge >= 0.3 is 0 Å². The number of aromatic nitrogens is 2. The van der Waals surface area contributed by atoms with Gasteiger partial charge in [0.05, 0.1) is 35.6 Å². The third kappa shape index (κ3) is 3.55. The van der Waals surface area contributed by atoms with Crippen molar-refractivity contribution in [2.45, 2.75) is 24.8 Å². The summed E-state index contributed by atoms with van der Waals surface area (Å²) < 4.78 is 7.12. The topological polar surface area (TPSA) is 68.3 Å². The van der Waals surface area contributed by atoms with Crippen molar-refractivity contribution in [1.29, 1.82) is 0 Å². The van der Waals surface area contributed by atoms with E-state index < -0.39 is 0 Å². The van der Waals surface area contributed by atoms with Gasteiger partial charge in [-0.15, -0.1) is 0 Å². The van der Waals surface area contributed by atoms with Gasteiger partial charge in [-0.05, 0) is 31.2 Å². The predicted octanol–water partition coefficient (Wildman–Crippen LogP) is 3.41. The number of hydrogen-bond donors (Lipinski definition) is 0. The average Bonchev–Trinajstić information content (AvgIpc) is 3.31. The van der Waals surface area contributed by atoms with E-state index in [9.17, 15) is 9.59 Å². The smallest absolute Gasteiger partial charge is 0.237 e. The van der Waals surface area contributed by atoms with Gasteiger partial charge in [-0.3, -0.25) is 9.59 Å². The van der Waals surface area contributed by atoms with Crippen molar-refractivity contribution in [3.63, 3.8) is 0 Å². The Kier molecular flexibility index (Phi) is 4.85. The highest BCUT2D eigenvalue weighted by Crippen LogP contribution is 2.39. The number of rotatable bonds is 6. The van der Waals surface area contributed by atoms with E-state index >= 15 is 0 Å². The molecule has 0 N–H and O–H groups in total. The number of ketones is 1. The van der Waals surface area contributed by atoms with E-state index in [2.05, 4.69) is 5.10 Å². The van der Waals surface area contributed by atoms with Crippen molar-refractivity contribution in [1.82, 2.24) is 9.78 Å². The number of amides is 1. The Morgan fingerprint density at radius 2 is 2.04 bits per heavy atom. The molecule has 0 saturated heterocycles. The molecule has 4 rings (SSSR count). The van der Waals surface area contributed by atoms with Crippen LogP contribution < -0.4 is 4.90 Å². The van der Waals surface area contributed by atoms with E-state index in [0.29, 0.717) is 18.6 Å². The molecule has 0 atom stereocenters. The van der Waals surface area contributed by atoms with E-state index in [1.807, 2.05) is 48.0 Å². The Morgan fingerprint density at radius 3 is 2.78 bits per heavy atom. The zero-order valence-corrected chi connectivity index (χ0v) is 15.7. The number of carbonyl (C=O) groups is 2. The number of nitrogens with zero attached hydrogens (tertiary/aromatic N) is 3. The van der Waals surface area contributed by atoms with E-state index in [0.717, 1.165) is 27.9 Å². The highest BCUT2D eigenvalue weighted by molar-refractivity contribution is 8.00. The first-order valence-corrected chi connectivity index (χ1v) is 9.74. The molecule has 0 spiro atoms. The zero-order chi connectivity index (χ0) is 18.8. The summed E-state index contributed by atoms with van der Waals surface area (Å²) >= 11 is 1.46. The van der Waals surface area contributed by atoms with Crippen LogP contribution >= 0.6 is 11.8 Å². The first kappa shape index (κ1) is 17.6. The molecule has 0 aliphatic carbocycles. The maximum Gasteiger partial charge on any atom is 0.237 e. The lowest BCUT2D eigenvalue weighted by atomic mass is 10.1. The maximum atomic E-state index is 12.5. The fraction of sp³-hybridized carbons (Fsp3) is 0.250. The summed E-state index contributed by atoms with van der Waals surface area (Å²) in [6.07, 6.45) is 2.47. The van der Waals surface area contributed by atoms with Gasteiger partial charge in [0.25, 0.3) is 0 Å². The summed E-state index contributed by atoms with van der Waals surface area (Å²) in [5.74, 6) is 1.02. The number of carbonyl (C=O) groups excluding carboxylic acids is 2. The van der Waals surface area contributed by atoms with Crippen LogP contribution in [0.25, 0.3) is 5.69 Å². The Morgan fingerprint density at radius 1 is 1.22 bits per heavy atom. The number of hydrogen-bond acceptors (Lipinski definition) is 5. The third-order valence-corrected chi connectivity index (χ3v) is 5.49. The Balaban J connectivity index is 1.57. The van der Waals surface area contributed by atoms with Crippen LogP contribution in [-0.4, -0.2) is 33.8 Å². The number of fused-ring (bicyclic) bond motifs is 1. The fourth-order valence-corrected chi connectivity index (χ4v) is 4.23. The van der Waals surface area contributed by atoms with Gasteiger partial charge in [0.1, 0.15) is 10.8 Å². The largest absolute Gasteiger partial charge is 0.469 e. The summed E-state index contributed by atoms with van der Waals surface area (Å²) in [6, 6.07) is 13.5. The number of aryl methyl sites for hydroxylation is 2. The predicted molar refractivity (Wildman–Crippen MR) is 103 cm³/mol. The Hall–Kier alpha value is -2.80. The van der Waals surface area contributed by atoms with Gasteiger partial charge < -0.3 is 9.32 Å². The second-order valence-electron chi connectivity index (χ2n) is 6.37. The van der Waals surface area contributed by atoms with Crippen molar-refractivity contribution in [3.05, 3.63) is 60.2 Å². The van der Waals surface area contributed by atoms with Crippen molar-refractivity contribution in [3.8, 4) is 5.69 Å². The van der Waals surface area contributed by atoms with Crippen LogP contribution in [0.4, 0.5) is 5.69 Å². The van der Waals surface area contributed by atoms with Crippen molar-refractivity contribution < 1.29 is 14.0 Å². The molecule has 6 nitrogen and oxygen atoms in total. The molecule has 3 heterocycles. The number of benzene rings is 1. The Labute approximate surface area is 161 Å². The molecule has 0 fully saturated rings. The van der Waals surface area contributed by atoms with Crippen LogP contribution in [-0.2, 0) is 16.0 Å². The molecule has 1 aromatic carbocycles. The number of anilines is 1. The summed E-state index contributed by atoms with van der Waals surface area (Å²) in [4.78, 5) is 26.6. The third-order valence-electron chi connectivity index (χ3n) is 4.46. The minimum Gasteiger partial charge on any atom is -0.469 e. The molecule has 3 aromatic rings. The molecule has 0 saturated carbocycles. The minimum atomic E-state index is -0.0606. The molecule has 1 aliphatic rings. The molecule has 1 aliphatic heterocycles. The van der Waals surface area contributed by atoms with Crippen LogP contribution in [0.15, 0.2) is 58.2 Å². The molecular weight excluding hydrogens is 362 g/mol. The summed E-state index contributed by atoms with van der Waals surface area (Å²) in [5, 5.41) is 5.52. The molecule has 138 valence electrons. The lowest BCUT2D eigenvalue weighted by Crippen LogP contribution is -2.39. The average molecular weight is 381 g/mol. The molecular formula is C20H19N3O3S. The molecule has 0 bridgehead atoms. The Bertz CT molecular complexity index is 964. The minimum absolute atomic E-state index is 0.00413. The van der Waals surface area contributed by atoms with Crippen molar-refractivity contribution >= 4 is 29.1 Å². The number of furan rings is 1. The monoisotopic (exact) mass is 381 g/mol. The second kappa shape index (κ2) is 7.44. The quantitative estimate of drug-likeness (QED) is 0.654. The van der Waals surface area contributed by atoms with E-state index in [4.69, 9.17) is 4.42 Å². The van der Waals surface area contributed by atoms with Gasteiger partial charge in [-0.25, -0.2) is 4.68 Å². The van der Waals surface area contributed by atoms with Crippen LogP contribution in [0.2, 0.25) is 0 Å². The lowest BCUT2D eigenvalue weighted by Gasteiger charge is -2.26. The van der Waals surface area contributed by atoms with Gasteiger partial charge in [-0.1, -0.05) is 30.0 Å². The standard InChI is InChI=1S/C20H19N3O3S/c1-14-19-20(23(21-14)15-6-3-2-4-7-15)27-13-18(25)22(19)12-16(24)9-10-17-8-5-11-26-17/h2-8,11H,9-10,12-13H2,1H3. The molecule has 1 amide bonds. The van der Waals surface area contributed by atoms with Gasteiger partial charge in [-0.2, -0.15) is 5.10 Å². The lowest BCUT2D eigenvalue weighted by molar-refractivity contribution is -0.121. The first-order chi connectivity index (χ1) is 13.1. The second-order valence-corrected chi connectivity index (χ2v) is 7.34. The van der Waals surface area contributed by atoms with Crippen LogP contribution in [0.5, 0.6) is 0 Å². The van der Waals surface area contributed by atoms with Crippen LogP contribution in [0.1, 0.15) is 17.9 Å². The highest BCUT2D eigenvalue weighted by Gasteiger charge is 2.32. The summed E-state index contributed by atoms with van der Waals surface area (Å²) in [6.45, 7) is 1.94. The van der Waals surface area contributed by atoms with E-state index in [1.54, 1.807) is 17.2 Å². The van der Waals surface area contributed by atoms with Gasteiger partial charge in [0.15, 0.2) is 5.78 Å². The van der Waals surface area contributed by atoms with Crippen LogP contribution in [0.3, 0.4) is 0 Å². The number of thioether (sulfide) groups is 1. The first-order valence-electron chi connectivity index (χ1n) is 8.76. The number of para-hydroxylation sites is 1. The van der Waals surface area contributed by atoms with Crippen LogP contribution in [0, 0.1) is 6.92 Å². The van der Waals surface area contributed by atoms with Gasteiger partial charge in [0, 0.05) is 12.8 Å². The normalized spacial score (nSPS) is 13.7. The fourth-order valence-electron chi connectivity index (χ4n) is 3.16. The summed E-state index contributed by atoms with van der Waals surface area (Å²) in [5.41, 5.74) is 2.42. The van der Waals surface area contributed by atoms with E-state index in [1.165, 1.54) is 11.8 Å². The maximum absolute atomic E-state index is 12.5. The number of Topliss-reactive ketones (excluding diaryl/α,β-unsaturated/α-hetero) is 1. The van der Waals surface area contributed by atoms with Crippen molar-refractivity contribution in [2.24, 2.45) is 0 Å². The van der Waals surface area contributed by atoms with Crippen molar-refractivity contribution in [2.75, 3.05) is 17.2 Å². The molecule has 7 heteroatoms. The molecule has 0 unspecified atom stereocenters. The molecule has 27 heavy (non-hydrogen) atoms. The van der Waals surface area contributed by atoms with Gasteiger partial charge in [0.2, 0.25) is 5.91 Å².